The molecule has 2 rings (SSSR count). The molecule has 0 aliphatic carbocycles. The Morgan fingerprint density at radius 3 is 2.81 bits per heavy atom. The van der Waals surface area contributed by atoms with Crippen molar-refractivity contribution in [2.75, 3.05) is 24.3 Å². The molecule has 2 aromatic carbocycles. The number of para-hydroxylation sites is 1. The zero-order valence-electron chi connectivity index (χ0n) is 14.5. The molecule has 0 saturated carbocycles. The normalized spacial score (nSPS) is 9.85. The summed E-state index contributed by atoms with van der Waals surface area (Å²) in [5.41, 5.74) is 1.20. The molecule has 1 amide bonds. The number of nitriles is 1. The lowest BCUT2D eigenvalue weighted by Gasteiger charge is -2.13. The summed E-state index contributed by atoms with van der Waals surface area (Å²) >= 11 is 1.59. The van der Waals surface area contributed by atoms with Crippen LogP contribution in [0.3, 0.4) is 0 Å². The first-order valence-corrected chi connectivity index (χ1v) is 9.08. The van der Waals surface area contributed by atoms with Crippen LogP contribution in [0.4, 0.5) is 5.69 Å². The van der Waals surface area contributed by atoms with E-state index < -0.39 is 0 Å². The Kier molecular flexibility index (Phi) is 7.59. The van der Waals surface area contributed by atoms with Gasteiger partial charge in [0.25, 0.3) is 5.91 Å². The van der Waals surface area contributed by atoms with Gasteiger partial charge < -0.3 is 14.8 Å². The molecule has 0 aliphatic heterocycles. The van der Waals surface area contributed by atoms with Gasteiger partial charge in [-0.2, -0.15) is 5.26 Å². The maximum absolute atomic E-state index is 12.2. The first-order valence-electron chi connectivity index (χ1n) is 8.10. The molecule has 0 bridgehead atoms. The largest absolute Gasteiger partial charge is 0.490 e. The number of nitrogens with one attached hydrogen (secondary N) is 1. The highest BCUT2D eigenvalue weighted by atomic mass is 32.2. The summed E-state index contributed by atoms with van der Waals surface area (Å²) in [7, 11) is 0. The summed E-state index contributed by atoms with van der Waals surface area (Å²) in [5.74, 6) is 1.35. The van der Waals surface area contributed by atoms with Crippen LogP contribution in [0.15, 0.2) is 60.0 Å². The number of hydrogen-bond donors (Lipinski definition) is 1. The molecule has 2 aromatic rings. The molecule has 0 aliphatic rings. The van der Waals surface area contributed by atoms with Crippen LogP contribution >= 0.6 is 11.8 Å². The number of thioether (sulfide) groups is 1. The number of anilines is 1. The van der Waals surface area contributed by atoms with Crippen LogP contribution in [0.25, 0.3) is 0 Å². The second kappa shape index (κ2) is 10.2. The number of rotatable bonds is 9. The Balaban J connectivity index is 2.01. The highest BCUT2D eigenvalue weighted by Crippen LogP contribution is 2.29. The van der Waals surface area contributed by atoms with Gasteiger partial charge in [-0.25, -0.2) is 0 Å². The maximum Gasteiger partial charge on any atom is 0.262 e. The van der Waals surface area contributed by atoms with E-state index in [1.54, 1.807) is 30.0 Å². The topological polar surface area (TPSA) is 71.3 Å². The average Bonchev–Trinajstić information content (AvgIpc) is 2.66. The molecule has 0 aromatic heterocycles. The predicted molar refractivity (Wildman–Crippen MR) is 104 cm³/mol. The van der Waals surface area contributed by atoms with E-state index in [1.165, 1.54) is 0 Å². The van der Waals surface area contributed by atoms with Crippen molar-refractivity contribution in [1.82, 2.24) is 0 Å². The SMILES string of the molecule is C=CCSc1ccccc1NC(=O)COc1ccc(C#N)cc1OCC. The fraction of sp³-hybridized carbons (Fsp3) is 0.200. The number of hydrogen-bond acceptors (Lipinski definition) is 5. The first-order chi connectivity index (χ1) is 12.7. The zero-order valence-corrected chi connectivity index (χ0v) is 15.3. The van der Waals surface area contributed by atoms with Gasteiger partial charge in [-0.15, -0.1) is 18.3 Å². The van der Waals surface area contributed by atoms with E-state index in [4.69, 9.17) is 14.7 Å². The van der Waals surface area contributed by atoms with Crippen LogP contribution in [0.1, 0.15) is 12.5 Å². The highest BCUT2D eigenvalue weighted by molar-refractivity contribution is 7.99. The highest BCUT2D eigenvalue weighted by Gasteiger charge is 2.11. The molecule has 1 N–H and O–H groups in total. The smallest absolute Gasteiger partial charge is 0.262 e. The van der Waals surface area contributed by atoms with Crippen LogP contribution < -0.4 is 14.8 Å². The van der Waals surface area contributed by atoms with Gasteiger partial charge in [0.2, 0.25) is 0 Å². The van der Waals surface area contributed by atoms with E-state index in [0.29, 0.717) is 23.7 Å². The van der Waals surface area contributed by atoms with Gasteiger partial charge in [-0.1, -0.05) is 18.2 Å². The second-order valence-corrected chi connectivity index (χ2v) is 6.20. The third-order valence-electron chi connectivity index (χ3n) is 3.25. The van der Waals surface area contributed by atoms with E-state index in [2.05, 4.69) is 11.9 Å². The van der Waals surface area contributed by atoms with Gasteiger partial charge in [0, 0.05) is 16.7 Å². The summed E-state index contributed by atoms with van der Waals surface area (Å²) in [5, 5.41) is 11.8. The molecule has 26 heavy (non-hydrogen) atoms. The summed E-state index contributed by atoms with van der Waals surface area (Å²) in [6.07, 6.45) is 1.81. The fourth-order valence-corrected chi connectivity index (χ4v) is 2.89. The number of nitrogens with zero attached hydrogens (tertiary/aromatic N) is 1. The van der Waals surface area contributed by atoms with Crippen molar-refractivity contribution in [3.63, 3.8) is 0 Å². The molecule has 0 radical (unpaired) electrons. The molecular weight excluding hydrogens is 348 g/mol. The van der Waals surface area contributed by atoms with Crippen molar-refractivity contribution in [1.29, 1.82) is 5.26 Å². The third kappa shape index (κ3) is 5.57. The third-order valence-corrected chi connectivity index (χ3v) is 4.32. The summed E-state index contributed by atoms with van der Waals surface area (Å²) in [4.78, 5) is 13.2. The Labute approximate surface area is 157 Å². The fourth-order valence-electron chi connectivity index (χ4n) is 2.14. The number of carbonyl (C=O) groups is 1. The first kappa shape index (κ1) is 19.4. The Bertz CT molecular complexity index is 815. The van der Waals surface area contributed by atoms with Crippen LogP contribution in [0, 0.1) is 11.3 Å². The van der Waals surface area contributed by atoms with Gasteiger partial charge in [-0.3, -0.25) is 4.79 Å². The van der Waals surface area contributed by atoms with E-state index in [-0.39, 0.29) is 12.5 Å². The van der Waals surface area contributed by atoms with Crippen molar-refractivity contribution >= 4 is 23.4 Å². The summed E-state index contributed by atoms with van der Waals surface area (Å²) < 4.78 is 11.0. The number of carbonyl (C=O) groups excluding carboxylic acids is 1. The maximum atomic E-state index is 12.2. The number of ether oxygens (including phenoxy) is 2. The molecule has 0 saturated heterocycles. The van der Waals surface area contributed by atoms with E-state index in [1.807, 2.05) is 43.3 Å². The van der Waals surface area contributed by atoms with Gasteiger partial charge in [0.05, 0.1) is 23.9 Å². The van der Waals surface area contributed by atoms with Gasteiger partial charge >= 0.3 is 0 Å². The molecule has 0 heterocycles. The van der Waals surface area contributed by atoms with Crippen molar-refractivity contribution < 1.29 is 14.3 Å². The minimum atomic E-state index is -0.275. The van der Waals surface area contributed by atoms with Crippen molar-refractivity contribution in [2.24, 2.45) is 0 Å². The quantitative estimate of drug-likeness (QED) is 0.529. The Morgan fingerprint density at radius 1 is 1.27 bits per heavy atom. The van der Waals surface area contributed by atoms with E-state index >= 15 is 0 Å². The summed E-state index contributed by atoms with van der Waals surface area (Å²) in [6, 6.07) is 14.5. The van der Waals surface area contributed by atoms with Gasteiger partial charge in [0.15, 0.2) is 18.1 Å². The molecule has 134 valence electrons. The average molecular weight is 368 g/mol. The standard InChI is InChI=1S/C20H20N2O3S/c1-3-11-26-19-8-6-5-7-16(19)22-20(23)14-25-17-10-9-15(13-21)12-18(17)24-4-2/h3,5-10,12H,1,4,11,14H2,2H3,(H,22,23). The van der Waals surface area contributed by atoms with Crippen LogP contribution in [-0.4, -0.2) is 24.9 Å². The van der Waals surface area contributed by atoms with E-state index in [0.717, 1.165) is 16.3 Å². The van der Waals surface area contributed by atoms with Gasteiger partial charge in [0.1, 0.15) is 0 Å². The molecule has 5 nitrogen and oxygen atoms in total. The van der Waals surface area contributed by atoms with Crippen LogP contribution in [0.2, 0.25) is 0 Å². The molecule has 6 heteroatoms. The predicted octanol–water partition coefficient (Wildman–Crippen LogP) is 4.25. The molecular formula is C20H20N2O3S. The lowest BCUT2D eigenvalue weighted by atomic mass is 10.2. The van der Waals surface area contributed by atoms with E-state index in [9.17, 15) is 4.79 Å². The zero-order chi connectivity index (χ0) is 18.8. The number of amides is 1. The lowest BCUT2D eigenvalue weighted by molar-refractivity contribution is -0.118. The monoisotopic (exact) mass is 368 g/mol. The van der Waals surface area contributed by atoms with Gasteiger partial charge in [-0.05, 0) is 31.2 Å². The second-order valence-electron chi connectivity index (χ2n) is 5.14. The molecule has 0 atom stereocenters. The molecule has 0 spiro atoms. The molecule has 0 fully saturated rings. The summed E-state index contributed by atoms with van der Waals surface area (Å²) in [6.45, 7) is 5.82. The Hall–Kier alpha value is -2.91. The Morgan fingerprint density at radius 2 is 2.08 bits per heavy atom. The van der Waals surface area contributed by atoms with Crippen LogP contribution in [-0.2, 0) is 4.79 Å². The minimum Gasteiger partial charge on any atom is -0.490 e. The van der Waals surface area contributed by atoms with Crippen molar-refractivity contribution in [3.8, 4) is 17.6 Å². The van der Waals surface area contributed by atoms with Crippen molar-refractivity contribution in [2.45, 2.75) is 11.8 Å². The van der Waals surface area contributed by atoms with Crippen molar-refractivity contribution in [3.05, 3.63) is 60.7 Å². The number of benzene rings is 2. The molecule has 0 unspecified atom stereocenters. The lowest BCUT2D eigenvalue weighted by Crippen LogP contribution is -2.20. The minimum absolute atomic E-state index is 0.160. The van der Waals surface area contributed by atoms with Crippen LogP contribution in [0.5, 0.6) is 11.5 Å².